The summed E-state index contributed by atoms with van der Waals surface area (Å²) in [6, 6.07) is 14.9. The van der Waals surface area contributed by atoms with E-state index in [2.05, 4.69) is 5.32 Å². The monoisotopic (exact) mass is 385 g/mol. The number of carbonyl (C=O) groups excluding carboxylic acids is 2. The lowest BCUT2D eigenvalue weighted by Gasteiger charge is -2.26. The molecule has 0 aromatic heterocycles. The molecule has 0 unspecified atom stereocenters. The molecule has 2 aromatic rings. The van der Waals surface area contributed by atoms with Crippen LogP contribution in [-0.4, -0.2) is 35.3 Å². The Hall–Kier alpha value is -2.53. The first-order valence-corrected chi connectivity index (χ1v) is 9.48. The zero-order valence-corrected chi connectivity index (χ0v) is 16.4. The van der Waals surface area contributed by atoms with E-state index in [-0.39, 0.29) is 18.0 Å². The Labute approximate surface area is 164 Å². The number of hydrogen-bond acceptors (Lipinski definition) is 2. The number of benzene rings is 2. The molecule has 1 saturated heterocycles. The number of hydrogen-bond donors (Lipinski definition) is 1. The van der Waals surface area contributed by atoms with E-state index in [4.69, 9.17) is 11.6 Å². The summed E-state index contributed by atoms with van der Waals surface area (Å²) < 4.78 is 0. The fourth-order valence-corrected chi connectivity index (χ4v) is 3.32. The van der Waals surface area contributed by atoms with E-state index < -0.39 is 0 Å². The fourth-order valence-electron chi connectivity index (χ4n) is 3.19. The number of nitrogens with one attached hydrogen (secondary N) is 1. The van der Waals surface area contributed by atoms with Crippen molar-refractivity contribution in [1.29, 1.82) is 0 Å². The lowest BCUT2D eigenvalue weighted by molar-refractivity contribution is -0.128. The minimum Gasteiger partial charge on any atom is -0.338 e. The Morgan fingerprint density at radius 3 is 2.67 bits per heavy atom. The first-order chi connectivity index (χ1) is 12.9. The second kappa shape index (κ2) is 8.44. The molecule has 1 N–H and O–H groups in total. The van der Waals surface area contributed by atoms with Crippen molar-refractivity contribution >= 4 is 29.2 Å². The first-order valence-electron chi connectivity index (χ1n) is 9.10. The zero-order chi connectivity index (χ0) is 19.4. The number of halogens is 1. The molecule has 0 radical (unpaired) electrons. The summed E-state index contributed by atoms with van der Waals surface area (Å²) in [6.07, 6.45) is 1.55. The molecule has 27 heavy (non-hydrogen) atoms. The molecule has 142 valence electrons. The standard InChI is InChI=1S/C21H24ClN3O2/c1-15(17-8-10-18(22)11-9-17)24(2)21(27)23-19-6-3-5-16(13-19)14-25-12-4-7-20(25)26/h3,5-6,8-11,13,15H,4,7,12,14H2,1-2H3,(H,23,27)/t15-/m0/s1. The summed E-state index contributed by atoms with van der Waals surface area (Å²) in [5, 5.41) is 3.61. The molecule has 0 bridgehead atoms. The van der Waals surface area contributed by atoms with Crippen LogP contribution in [0.3, 0.4) is 0 Å². The Balaban J connectivity index is 1.63. The number of likely N-dealkylation sites (tertiary alicyclic amines) is 1. The Morgan fingerprint density at radius 1 is 1.26 bits per heavy atom. The van der Waals surface area contributed by atoms with E-state index in [1.165, 1.54) is 0 Å². The van der Waals surface area contributed by atoms with Gasteiger partial charge >= 0.3 is 6.03 Å². The predicted molar refractivity (Wildman–Crippen MR) is 108 cm³/mol. The van der Waals surface area contributed by atoms with Crippen LogP contribution >= 0.6 is 11.6 Å². The summed E-state index contributed by atoms with van der Waals surface area (Å²) in [7, 11) is 1.77. The molecule has 1 aliphatic rings. The van der Waals surface area contributed by atoms with E-state index in [0.29, 0.717) is 18.0 Å². The van der Waals surface area contributed by atoms with Gasteiger partial charge in [-0.15, -0.1) is 0 Å². The average molecular weight is 386 g/mol. The van der Waals surface area contributed by atoms with Gasteiger partial charge in [0.15, 0.2) is 0 Å². The third-order valence-electron chi connectivity index (χ3n) is 4.98. The maximum absolute atomic E-state index is 12.6. The second-order valence-corrected chi connectivity index (χ2v) is 7.32. The van der Waals surface area contributed by atoms with Crippen LogP contribution in [0.1, 0.15) is 36.9 Å². The van der Waals surface area contributed by atoms with Gasteiger partial charge in [0.2, 0.25) is 5.91 Å². The molecule has 1 fully saturated rings. The molecular formula is C21H24ClN3O2. The van der Waals surface area contributed by atoms with Crippen molar-refractivity contribution in [3.8, 4) is 0 Å². The van der Waals surface area contributed by atoms with Crippen molar-refractivity contribution in [3.05, 3.63) is 64.7 Å². The first kappa shape index (κ1) is 19.2. The van der Waals surface area contributed by atoms with Gasteiger partial charge in [0.1, 0.15) is 0 Å². The van der Waals surface area contributed by atoms with Crippen molar-refractivity contribution in [2.75, 3.05) is 18.9 Å². The highest BCUT2D eigenvalue weighted by Gasteiger charge is 2.21. The highest BCUT2D eigenvalue weighted by Crippen LogP contribution is 2.22. The number of anilines is 1. The van der Waals surface area contributed by atoms with E-state index in [9.17, 15) is 9.59 Å². The third kappa shape index (κ3) is 4.80. The van der Waals surface area contributed by atoms with Crippen LogP contribution in [0, 0.1) is 0 Å². The zero-order valence-electron chi connectivity index (χ0n) is 15.6. The molecule has 0 saturated carbocycles. The molecule has 1 heterocycles. The lowest BCUT2D eigenvalue weighted by atomic mass is 10.1. The van der Waals surface area contributed by atoms with Crippen molar-refractivity contribution in [2.45, 2.75) is 32.4 Å². The molecule has 1 aliphatic heterocycles. The van der Waals surface area contributed by atoms with E-state index in [1.54, 1.807) is 11.9 Å². The number of carbonyl (C=O) groups is 2. The Bertz CT molecular complexity index is 822. The SMILES string of the molecule is C[C@@H](c1ccc(Cl)cc1)N(C)C(=O)Nc1cccc(CN2CCCC2=O)c1. The topological polar surface area (TPSA) is 52.7 Å². The predicted octanol–water partition coefficient (Wildman–Crippen LogP) is 4.69. The minimum atomic E-state index is -0.188. The largest absolute Gasteiger partial charge is 0.338 e. The van der Waals surface area contributed by atoms with E-state index in [1.807, 2.05) is 60.4 Å². The maximum atomic E-state index is 12.6. The molecule has 1 atom stereocenters. The van der Waals surface area contributed by atoms with E-state index >= 15 is 0 Å². The van der Waals surface area contributed by atoms with Gasteiger partial charge in [-0.25, -0.2) is 4.79 Å². The van der Waals surface area contributed by atoms with Crippen molar-refractivity contribution in [2.24, 2.45) is 0 Å². The van der Waals surface area contributed by atoms with Crippen LogP contribution in [-0.2, 0) is 11.3 Å². The molecule has 2 aromatic carbocycles. The third-order valence-corrected chi connectivity index (χ3v) is 5.23. The molecule has 3 amide bonds. The molecule has 6 heteroatoms. The molecule has 5 nitrogen and oxygen atoms in total. The molecular weight excluding hydrogens is 362 g/mol. The quantitative estimate of drug-likeness (QED) is 0.811. The van der Waals surface area contributed by atoms with Crippen LogP contribution in [0.5, 0.6) is 0 Å². The maximum Gasteiger partial charge on any atom is 0.322 e. The average Bonchev–Trinajstić information content (AvgIpc) is 3.06. The number of amides is 3. The second-order valence-electron chi connectivity index (χ2n) is 6.89. The summed E-state index contributed by atoms with van der Waals surface area (Å²) in [6.45, 7) is 3.36. The van der Waals surface area contributed by atoms with Crippen LogP contribution in [0.15, 0.2) is 48.5 Å². The fraction of sp³-hybridized carbons (Fsp3) is 0.333. The van der Waals surface area contributed by atoms with Gasteiger partial charge in [-0.1, -0.05) is 35.9 Å². The Kier molecular flexibility index (Phi) is 6.01. The molecule has 0 aliphatic carbocycles. The van der Waals surface area contributed by atoms with Crippen LogP contribution in [0.4, 0.5) is 10.5 Å². The number of nitrogens with zero attached hydrogens (tertiary/aromatic N) is 2. The van der Waals surface area contributed by atoms with Crippen LogP contribution in [0.25, 0.3) is 0 Å². The van der Waals surface area contributed by atoms with Gasteiger partial charge in [0.05, 0.1) is 6.04 Å². The van der Waals surface area contributed by atoms with Crippen LogP contribution < -0.4 is 5.32 Å². The van der Waals surface area contributed by atoms with Crippen molar-refractivity contribution in [3.63, 3.8) is 0 Å². The molecule has 3 rings (SSSR count). The number of rotatable bonds is 5. The van der Waals surface area contributed by atoms with Gasteiger partial charge in [0.25, 0.3) is 0 Å². The van der Waals surface area contributed by atoms with Crippen molar-refractivity contribution < 1.29 is 9.59 Å². The van der Waals surface area contributed by atoms with Crippen LogP contribution in [0.2, 0.25) is 5.02 Å². The number of urea groups is 1. The summed E-state index contributed by atoms with van der Waals surface area (Å²) in [5.74, 6) is 0.195. The molecule has 0 spiro atoms. The van der Waals surface area contributed by atoms with Gasteiger partial charge in [0, 0.05) is 37.3 Å². The summed E-state index contributed by atoms with van der Waals surface area (Å²) >= 11 is 5.93. The van der Waals surface area contributed by atoms with Gasteiger partial charge in [-0.3, -0.25) is 4.79 Å². The van der Waals surface area contributed by atoms with Gasteiger partial charge < -0.3 is 15.1 Å². The smallest absolute Gasteiger partial charge is 0.322 e. The van der Waals surface area contributed by atoms with Gasteiger partial charge in [-0.05, 0) is 48.7 Å². The van der Waals surface area contributed by atoms with E-state index in [0.717, 1.165) is 29.8 Å². The lowest BCUT2D eigenvalue weighted by Crippen LogP contribution is -2.33. The minimum absolute atomic E-state index is 0.0901. The van der Waals surface area contributed by atoms with Crippen molar-refractivity contribution in [1.82, 2.24) is 9.80 Å². The van der Waals surface area contributed by atoms with Gasteiger partial charge in [-0.2, -0.15) is 0 Å². The normalized spacial score (nSPS) is 14.9. The Morgan fingerprint density at radius 2 is 2.00 bits per heavy atom. The summed E-state index contributed by atoms with van der Waals surface area (Å²) in [5.41, 5.74) is 2.74. The highest BCUT2D eigenvalue weighted by molar-refractivity contribution is 6.30. The highest BCUT2D eigenvalue weighted by atomic mass is 35.5. The summed E-state index contributed by atoms with van der Waals surface area (Å²) in [4.78, 5) is 27.9.